The van der Waals surface area contributed by atoms with E-state index < -0.39 is 15.9 Å². The van der Waals surface area contributed by atoms with Crippen molar-refractivity contribution in [1.29, 1.82) is 0 Å². The van der Waals surface area contributed by atoms with E-state index in [1.54, 1.807) is 61.5 Å². The number of benzene rings is 3. The molecule has 12 nitrogen and oxygen atoms in total. The van der Waals surface area contributed by atoms with Crippen LogP contribution in [0.25, 0.3) is 11.0 Å². The Labute approximate surface area is 260 Å². The maximum Gasteiger partial charge on any atom is 0.248 e. The topological polar surface area (TPSA) is 156 Å². The zero-order valence-corrected chi connectivity index (χ0v) is 25.4. The van der Waals surface area contributed by atoms with Crippen LogP contribution in [0.5, 0.6) is 0 Å². The molecule has 4 N–H and O–H groups in total. The van der Waals surface area contributed by atoms with Gasteiger partial charge < -0.3 is 26.2 Å². The zero-order chi connectivity index (χ0) is 31.6. The van der Waals surface area contributed by atoms with Crippen LogP contribution in [0.1, 0.15) is 22.8 Å². The summed E-state index contributed by atoms with van der Waals surface area (Å²) in [6, 6.07) is 25.0. The van der Waals surface area contributed by atoms with Crippen molar-refractivity contribution in [2.24, 2.45) is 5.73 Å². The first-order valence-corrected chi connectivity index (χ1v) is 16.0. The van der Waals surface area contributed by atoms with Crippen molar-refractivity contribution < 1.29 is 18.0 Å². The normalized spacial score (nSPS) is 13.5. The second-order valence-electron chi connectivity index (χ2n) is 10.7. The fourth-order valence-corrected chi connectivity index (χ4v) is 6.67. The third-order valence-corrected chi connectivity index (χ3v) is 9.22. The minimum Gasteiger partial charge on any atom is -0.368 e. The number of fused-ring (bicyclic) bond motifs is 1. The van der Waals surface area contributed by atoms with Gasteiger partial charge in [0.1, 0.15) is 5.82 Å². The molecule has 3 aromatic carbocycles. The third kappa shape index (κ3) is 6.58. The fourth-order valence-electron chi connectivity index (χ4n) is 5.27. The molecule has 1 saturated heterocycles. The molecule has 2 amide bonds. The minimum atomic E-state index is -3.84. The average Bonchev–Trinajstić information content (AvgIpc) is 3.47. The Morgan fingerprint density at radius 2 is 1.58 bits per heavy atom. The van der Waals surface area contributed by atoms with Gasteiger partial charge in [0.25, 0.3) is 0 Å². The first-order valence-electron chi connectivity index (χ1n) is 14.4. The average molecular weight is 625 g/mol. The molecular weight excluding hydrogens is 592 g/mol. The molecule has 45 heavy (non-hydrogen) atoms. The van der Waals surface area contributed by atoms with E-state index in [4.69, 9.17) is 5.73 Å². The van der Waals surface area contributed by atoms with E-state index in [9.17, 15) is 18.0 Å². The van der Waals surface area contributed by atoms with Crippen LogP contribution in [0, 0.1) is 0 Å². The highest BCUT2D eigenvalue weighted by Crippen LogP contribution is 2.30. The Balaban J connectivity index is 1.33. The molecule has 230 valence electrons. The number of rotatable bonds is 9. The van der Waals surface area contributed by atoms with E-state index in [2.05, 4.69) is 25.5 Å². The number of carbonyl (C=O) groups excluding carboxylic acids is 2. The van der Waals surface area contributed by atoms with E-state index >= 15 is 0 Å². The van der Waals surface area contributed by atoms with Gasteiger partial charge in [0, 0.05) is 61.9 Å². The van der Waals surface area contributed by atoms with E-state index in [0.29, 0.717) is 46.8 Å². The third-order valence-electron chi connectivity index (χ3n) is 7.63. The number of anilines is 5. The van der Waals surface area contributed by atoms with Gasteiger partial charge in [0.05, 0.1) is 11.1 Å². The van der Waals surface area contributed by atoms with Gasteiger partial charge in [0.2, 0.25) is 27.8 Å². The molecule has 3 heterocycles. The number of carbonyl (C=O) groups is 2. The number of hydrogen-bond donors (Lipinski definition) is 3. The highest BCUT2D eigenvalue weighted by atomic mass is 32.2. The van der Waals surface area contributed by atoms with Crippen LogP contribution in [0.2, 0.25) is 0 Å². The number of piperazine rings is 1. The molecule has 0 spiro atoms. The van der Waals surface area contributed by atoms with Crippen LogP contribution >= 0.6 is 0 Å². The van der Waals surface area contributed by atoms with Gasteiger partial charge in [-0.15, -0.1) is 0 Å². The predicted molar refractivity (Wildman–Crippen MR) is 174 cm³/mol. The lowest BCUT2D eigenvalue weighted by Gasteiger charge is -2.35. The van der Waals surface area contributed by atoms with Crippen LogP contribution in [-0.4, -0.2) is 65.3 Å². The number of nitrogens with zero attached hydrogens (tertiary/aromatic N) is 5. The van der Waals surface area contributed by atoms with Crippen molar-refractivity contribution >= 4 is 61.7 Å². The maximum absolute atomic E-state index is 13.6. The summed E-state index contributed by atoms with van der Waals surface area (Å²) in [6.07, 6.45) is 1.47. The summed E-state index contributed by atoms with van der Waals surface area (Å²) >= 11 is 0. The number of amides is 2. The minimum absolute atomic E-state index is 0.0830. The Morgan fingerprint density at radius 1 is 0.844 bits per heavy atom. The van der Waals surface area contributed by atoms with Crippen molar-refractivity contribution in [1.82, 2.24) is 18.8 Å². The summed E-state index contributed by atoms with van der Waals surface area (Å²) in [4.78, 5) is 36.8. The molecule has 0 aliphatic carbocycles. The van der Waals surface area contributed by atoms with Gasteiger partial charge in [-0.1, -0.05) is 36.4 Å². The summed E-state index contributed by atoms with van der Waals surface area (Å²) in [5.41, 5.74) is 8.91. The van der Waals surface area contributed by atoms with Crippen molar-refractivity contribution in [3.8, 4) is 0 Å². The number of primary amides is 1. The molecule has 0 bridgehead atoms. The van der Waals surface area contributed by atoms with Crippen molar-refractivity contribution in [2.45, 2.75) is 12.7 Å². The maximum atomic E-state index is 13.6. The van der Waals surface area contributed by atoms with Crippen LogP contribution < -0.4 is 21.3 Å². The van der Waals surface area contributed by atoms with Gasteiger partial charge in [-0.3, -0.25) is 9.59 Å². The number of nitrogens with one attached hydrogen (secondary N) is 2. The molecule has 1 aliphatic rings. The van der Waals surface area contributed by atoms with E-state index in [-0.39, 0.29) is 23.3 Å². The van der Waals surface area contributed by atoms with Crippen LogP contribution in [-0.2, 0) is 20.6 Å². The lowest BCUT2D eigenvalue weighted by atomic mass is 10.2. The van der Waals surface area contributed by atoms with Gasteiger partial charge in [-0.25, -0.2) is 12.4 Å². The molecule has 0 unspecified atom stereocenters. The largest absolute Gasteiger partial charge is 0.368 e. The molecule has 0 saturated carbocycles. The van der Waals surface area contributed by atoms with E-state index in [1.165, 1.54) is 6.20 Å². The Kier molecular flexibility index (Phi) is 8.09. The summed E-state index contributed by atoms with van der Waals surface area (Å²) in [5.74, 6) is -0.182. The van der Waals surface area contributed by atoms with Gasteiger partial charge in [0.15, 0.2) is 5.65 Å². The van der Waals surface area contributed by atoms with Gasteiger partial charge in [-0.05, 0) is 54.1 Å². The van der Waals surface area contributed by atoms with Crippen molar-refractivity contribution in [2.75, 3.05) is 41.7 Å². The lowest BCUT2D eigenvalue weighted by molar-refractivity contribution is -0.129. The molecular formula is C32H32N8O4S. The molecule has 0 atom stereocenters. The second kappa shape index (κ2) is 12.3. The molecule has 2 aromatic heterocycles. The fraction of sp³-hybridized carbons (Fsp3) is 0.188. The molecule has 6 rings (SSSR count). The first kappa shape index (κ1) is 29.6. The summed E-state index contributed by atoms with van der Waals surface area (Å²) in [6.45, 7) is 4.42. The van der Waals surface area contributed by atoms with Gasteiger partial charge >= 0.3 is 0 Å². The van der Waals surface area contributed by atoms with Crippen LogP contribution in [0.3, 0.4) is 0 Å². The van der Waals surface area contributed by atoms with Crippen molar-refractivity contribution in [3.63, 3.8) is 0 Å². The summed E-state index contributed by atoms with van der Waals surface area (Å²) in [5, 5.41) is 6.88. The molecule has 5 aromatic rings. The van der Waals surface area contributed by atoms with E-state index in [1.807, 2.05) is 35.2 Å². The highest BCUT2D eigenvalue weighted by molar-refractivity contribution is 7.89. The molecule has 1 fully saturated rings. The lowest BCUT2D eigenvalue weighted by Crippen LogP contribution is -2.48. The molecule has 1 aliphatic heterocycles. The highest BCUT2D eigenvalue weighted by Gasteiger charge is 2.22. The van der Waals surface area contributed by atoms with Crippen LogP contribution in [0.15, 0.2) is 91.1 Å². The second-order valence-corrected chi connectivity index (χ2v) is 12.6. The first-order chi connectivity index (χ1) is 21.7. The molecule has 13 heteroatoms. The quantitative estimate of drug-likeness (QED) is 0.220. The van der Waals surface area contributed by atoms with E-state index in [0.717, 1.165) is 22.7 Å². The molecule has 0 radical (unpaired) electrons. The Bertz CT molecular complexity index is 1970. The zero-order valence-electron chi connectivity index (χ0n) is 24.6. The summed E-state index contributed by atoms with van der Waals surface area (Å²) < 4.78 is 28.3. The monoisotopic (exact) mass is 624 g/mol. The van der Waals surface area contributed by atoms with Crippen molar-refractivity contribution in [3.05, 3.63) is 102 Å². The SMILES string of the molecule is CC(=O)N1CCN(c2ccc(Nc3nc(Nc4cccc(C(N)=O)c4)c4ccn(S(=O)(=O)Cc5ccccc5)c4n3)cc2)CC1. The van der Waals surface area contributed by atoms with Gasteiger partial charge in [-0.2, -0.15) is 9.97 Å². The number of nitrogens with two attached hydrogens (primary N) is 1. The summed E-state index contributed by atoms with van der Waals surface area (Å²) in [7, 11) is -3.84. The Morgan fingerprint density at radius 3 is 2.27 bits per heavy atom. The Hall–Kier alpha value is -5.43. The van der Waals surface area contributed by atoms with Crippen LogP contribution in [0.4, 0.5) is 28.8 Å². The standard InChI is InChI=1S/C32H32N8O4S/c1-22(41)38-16-18-39(19-17-38)27-12-10-25(11-13-27)35-32-36-30(34-26-9-5-8-24(20-26)29(33)42)28-14-15-40(31(28)37-32)45(43,44)21-23-6-3-2-4-7-23/h2-15,20H,16-19,21H2,1H3,(H2,33,42)(H2,34,35,36,37). The smallest absolute Gasteiger partial charge is 0.248 e. The number of aromatic nitrogens is 3. The predicted octanol–water partition coefficient (Wildman–Crippen LogP) is 4.06. The number of hydrogen-bond acceptors (Lipinski definition) is 9.